The molecule has 1 aromatic heterocycles. The number of ether oxygens (including phenoxy) is 1. The average molecular weight is 400 g/mol. The van der Waals surface area contributed by atoms with Gasteiger partial charge in [-0.05, 0) is 48.6 Å². The van der Waals surface area contributed by atoms with Gasteiger partial charge in [-0.1, -0.05) is 36.4 Å². The zero-order valence-corrected chi connectivity index (χ0v) is 16.9. The molecule has 2 atom stereocenters. The molecule has 2 aromatic carbocycles. The molecule has 4 rings (SSSR count). The van der Waals surface area contributed by atoms with Gasteiger partial charge >= 0.3 is 5.97 Å². The summed E-state index contributed by atoms with van der Waals surface area (Å²) in [6.07, 6.45) is 5.03. The molecule has 0 saturated heterocycles. The van der Waals surface area contributed by atoms with Gasteiger partial charge in [0.15, 0.2) is 0 Å². The van der Waals surface area contributed by atoms with E-state index in [1.165, 1.54) is 5.56 Å². The molecule has 3 aromatic rings. The summed E-state index contributed by atoms with van der Waals surface area (Å²) >= 11 is 0. The van der Waals surface area contributed by atoms with Gasteiger partial charge in [0.25, 0.3) is 0 Å². The topological polar surface area (TPSA) is 82.0 Å². The Hall–Kier alpha value is -3.43. The Morgan fingerprint density at radius 3 is 2.80 bits per heavy atom. The van der Waals surface area contributed by atoms with E-state index in [2.05, 4.69) is 27.0 Å². The minimum Gasteiger partial charge on any atom is -0.465 e. The van der Waals surface area contributed by atoms with Crippen molar-refractivity contribution in [3.8, 4) is 6.07 Å². The second kappa shape index (κ2) is 8.93. The fourth-order valence-corrected chi connectivity index (χ4v) is 4.20. The number of fused-ring (bicyclic) bond motifs is 1. The molecule has 0 fully saturated rings. The highest BCUT2D eigenvalue weighted by atomic mass is 16.5. The van der Waals surface area contributed by atoms with Crippen molar-refractivity contribution in [2.75, 3.05) is 13.2 Å². The lowest BCUT2D eigenvalue weighted by Gasteiger charge is -2.40. The normalized spacial score (nSPS) is 17.0. The Morgan fingerprint density at radius 1 is 1.30 bits per heavy atom. The molecule has 1 unspecified atom stereocenters. The van der Waals surface area contributed by atoms with Crippen LogP contribution in [0.2, 0.25) is 0 Å². The van der Waals surface area contributed by atoms with Crippen LogP contribution in [0.3, 0.4) is 0 Å². The molecule has 0 spiro atoms. The first-order valence-corrected chi connectivity index (χ1v) is 10.2. The highest BCUT2D eigenvalue weighted by molar-refractivity contribution is 5.78. The van der Waals surface area contributed by atoms with Crippen molar-refractivity contribution in [2.45, 2.75) is 31.8 Å². The number of rotatable bonds is 6. The summed E-state index contributed by atoms with van der Waals surface area (Å²) in [5, 5.41) is 9.08. The zero-order valence-electron chi connectivity index (χ0n) is 16.9. The van der Waals surface area contributed by atoms with Gasteiger partial charge in [0.05, 0.1) is 36.3 Å². The summed E-state index contributed by atoms with van der Waals surface area (Å²) in [6, 6.07) is 17.3. The van der Waals surface area contributed by atoms with Crippen molar-refractivity contribution < 1.29 is 9.53 Å². The molecule has 6 heteroatoms. The molecule has 1 aliphatic rings. The predicted octanol–water partition coefficient (Wildman–Crippen LogP) is 3.73. The number of esters is 1. The molecular formula is C24H24N4O2. The number of carbonyl (C=O) groups is 1. The number of nitriles is 1. The molecule has 0 aliphatic carbocycles. The summed E-state index contributed by atoms with van der Waals surface area (Å²) in [7, 11) is 0. The van der Waals surface area contributed by atoms with Crippen LogP contribution in [0, 0.1) is 11.3 Å². The van der Waals surface area contributed by atoms with Crippen molar-refractivity contribution in [3.05, 3.63) is 89.0 Å². The van der Waals surface area contributed by atoms with E-state index in [-0.39, 0.29) is 12.0 Å². The average Bonchev–Trinajstić information content (AvgIpc) is 3.32. The number of nitrogens with zero attached hydrogens (tertiary/aromatic N) is 3. The van der Waals surface area contributed by atoms with Crippen LogP contribution in [0.15, 0.2) is 61.1 Å². The van der Waals surface area contributed by atoms with Gasteiger partial charge in [-0.15, -0.1) is 0 Å². The second-order valence-corrected chi connectivity index (χ2v) is 7.38. The Kier molecular flexibility index (Phi) is 5.92. The number of nitrogens with one attached hydrogen (secondary N) is 1. The number of carbonyl (C=O) groups excluding carboxylic acids is 1. The molecule has 2 heterocycles. The first kappa shape index (κ1) is 19.9. The standard InChI is InChI=1S/C24H24N4O2/c1-2-30-24(29)23-20-6-4-3-5-19(20)11-12-28(23)22(21-15-26-16-27-21)13-17-7-9-18(14-25)10-8-17/h3-10,15-16,22-23H,2,11-13H2,1H3,(H,26,27)/t22?,23-/m0/s1. The molecule has 30 heavy (non-hydrogen) atoms. The van der Waals surface area contributed by atoms with Gasteiger partial charge in [-0.3, -0.25) is 4.90 Å². The third-order valence-electron chi connectivity index (χ3n) is 5.62. The van der Waals surface area contributed by atoms with E-state index < -0.39 is 6.04 Å². The highest BCUT2D eigenvalue weighted by Gasteiger charge is 2.38. The molecule has 6 nitrogen and oxygen atoms in total. The van der Waals surface area contributed by atoms with E-state index in [0.29, 0.717) is 18.6 Å². The minimum atomic E-state index is -0.471. The first-order chi connectivity index (χ1) is 14.7. The van der Waals surface area contributed by atoms with Gasteiger partial charge in [-0.2, -0.15) is 5.26 Å². The first-order valence-electron chi connectivity index (χ1n) is 10.2. The largest absolute Gasteiger partial charge is 0.465 e. The summed E-state index contributed by atoms with van der Waals surface area (Å²) in [6.45, 7) is 2.91. The monoisotopic (exact) mass is 400 g/mol. The van der Waals surface area contributed by atoms with E-state index in [1.54, 1.807) is 6.33 Å². The van der Waals surface area contributed by atoms with Crippen LogP contribution >= 0.6 is 0 Å². The van der Waals surface area contributed by atoms with Crippen LogP contribution in [0.1, 0.15) is 47.0 Å². The number of imidazole rings is 1. The highest BCUT2D eigenvalue weighted by Crippen LogP contribution is 2.38. The molecule has 0 radical (unpaired) electrons. The summed E-state index contributed by atoms with van der Waals surface area (Å²) in [4.78, 5) is 22.7. The van der Waals surface area contributed by atoms with E-state index in [1.807, 2.05) is 55.6 Å². The van der Waals surface area contributed by atoms with Crippen LogP contribution in [-0.4, -0.2) is 34.0 Å². The Balaban J connectivity index is 1.73. The molecule has 0 bridgehead atoms. The van der Waals surface area contributed by atoms with Crippen molar-refractivity contribution in [3.63, 3.8) is 0 Å². The van der Waals surface area contributed by atoms with E-state index in [4.69, 9.17) is 10.00 Å². The predicted molar refractivity (Wildman–Crippen MR) is 112 cm³/mol. The maximum Gasteiger partial charge on any atom is 0.328 e. The van der Waals surface area contributed by atoms with Crippen molar-refractivity contribution in [2.24, 2.45) is 0 Å². The van der Waals surface area contributed by atoms with E-state index in [9.17, 15) is 4.79 Å². The van der Waals surface area contributed by atoms with Crippen molar-refractivity contribution in [1.29, 1.82) is 5.26 Å². The quantitative estimate of drug-likeness (QED) is 0.638. The Labute approximate surface area is 176 Å². The lowest BCUT2D eigenvalue weighted by molar-refractivity contribution is -0.151. The summed E-state index contributed by atoms with van der Waals surface area (Å²) < 4.78 is 5.47. The maximum atomic E-state index is 13.1. The van der Waals surface area contributed by atoms with Gasteiger partial charge in [0.2, 0.25) is 0 Å². The number of hydrogen-bond acceptors (Lipinski definition) is 5. The van der Waals surface area contributed by atoms with Gasteiger partial charge in [0, 0.05) is 12.7 Å². The lowest BCUT2D eigenvalue weighted by Crippen LogP contribution is -2.43. The number of aromatic amines is 1. The molecular weight excluding hydrogens is 376 g/mol. The van der Waals surface area contributed by atoms with Gasteiger partial charge in [-0.25, -0.2) is 9.78 Å². The van der Waals surface area contributed by atoms with Crippen molar-refractivity contribution >= 4 is 5.97 Å². The molecule has 152 valence electrons. The van der Waals surface area contributed by atoms with Gasteiger partial charge in [0.1, 0.15) is 6.04 Å². The number of benzene rings is 2. The van der Waals surface area contributed by atoms with Crippen LogP contribution < -0.4 is 0 Å². The second-order valence-electron chi connectivity index (χ2n) is 7.38. The van der Waals surface area contributed by atoms with Crippen LogP contribution in [0.4, 0.5) is 0 Å². The van der Waals surface area contributed by atoms with Crippen LogP contribution in [0.5, 0.6) is 0 Å². The van der Waals surface area contributed by atoms with E-state index in [0.717, 1.165) is 29.8 Å². The maximum absolute atomic E-state index is 13.1. The number of hydrogen-bond donors (Lipinski definition) is 1. The fraction of sp³-hybridized carbons (Fsp3) is 0.292. The van der Waals surface area contributed by atoms with E-state index >= 15 is 0 Å². The number of aromatic nitrogens is 2. The van der Waals surface area contributed by atoms with Crippen LogP contribution in [0.25, 0.3) is 0 Å². The Bertz CT molecular complexity index is 1040. The minimum absolute atomic E-state index is 0.0804. The van der Waals surface area contributed by atoms with Gasteiger partial charge < -0.3 is 9.72 Å². The number of H-pyrrole nitrogens is 1. The summed E-state index contributed by atoms with van der Waals surface area (Å²) in [5.41, 5.74) is 4.87. The van der Waals surface area contributed by atoms with Crippen molar-refractivity contribution in [1.82, 2.24) is 14.9 Å². The summed E-state index contributed by atoms with van der Waals surface area (Å²) in [5.74, 6) is -0.228. The smallest absolute Gasteiger partial charge is 0.328 e. The molecule has 0 saturated carbocycles. The zero-order chi connectivity index (χ0) is 20.9. The SMILES string of the molecule is CCOC(=O)[C@@H]1c2ccccc2CCN1C(Cc1ccc(C#N)cc1)c1cnc[nH]1. The molecule has 1 N–H and O–H groups in total. The fourth-order valence-electron chi connectivity index (χ4n) is 4.20. The third-order valence-corrected chi connectivity index (χ3v) is 5.62. The Morgan fingerprint density at radius 2 is 2.10 bits per heavy atom. The third kappa shape index (κ3) is 3.98. The molecule has 1 aliphatic heterocycles. The molecule has 0 amide bonds. The van der Waals surface area contributed by atoms with Crippen LogP contribution in [-0.2, 0) is 22.4 Å². The lowest BCUT2D eigenvalue weighted by atomic mass is 9.89.